The molecule has 1 atom stereocenters. The van der Waals surface area contributed by atoms with Crippen molar-refractivity contribution in [3.8, 4) is 0 Å². The Morgan fingerprint density at radius 1 is 1.32 bits per heavy atom. The van der Waals surface area contributed by atoms with Crippen molar-refractivity contribution in [2.75, 3.05) is 29.6 Å². The minimum absolute atomic E-state index is 0.00424. The van der Waals surface area contributed by atoms with Crippen molar-refractivity contribution in [1.29, 1.82) is 0 Å². The first-order valence-electron chi connectivity index (χ1n) is 9.90. The van der Waals surface area contributed by atoms with Gasteiger partial charge in [-0.15, -0.1) is 11.6 Å². The van der Waals surface area contributed by atoms with Gasteiger partial charge in [0.15, 0.2) is 8.32 Å². The largest absolute Gasteiger partial charge is 0.417 e. The number of fused-ring (bicyclic) bond motifs is 1. The van der Waals surface area contributed by atoms with Gasteiger partial charge >= 0.3 is 0 Å². The average molecular weight is 448 g/mol. The predicted octanol–water partition coefficient (Wildman–Crippen LogP) is 5.08. The highest BCUT2D eigenvalue weighted by Gasteiger charge is 2.37. The van der Waals surface area contributed by atoms with Crippen molar-refractivity contribution in [3.63, 3.8) is 0 Å². The Bertz CT molecular complexity index is 762. The molecule has 0 aromatic heterocycles. The van der Waals surface area contributed by atoms with Crippen LogP contribution in [0.5, 0.6) is 0 Å². The van der Waals surface area contributed by atoms with Crippen molar-refractivity contribution in [3.05, 3.63) is 29.3 Å². The molecule has 1 heterocycles. The summed E-state index contributed by atoms with van der Waals surface area (Å²) < 4.78 is 39.1. The van der Waals surface area contributed by atoms with E-state index in [1.807, 2.05) is 18.2 Å². The van der Waals surface area contributed by atoms with Gasteiger partial charge in [-0.1, -0.05) is 26.8 Å². The van der Waals surface area contributed by atoms with E-state index in [2.05, 4.69) is 38.6 Å². The molecule has 2 rings (SSSR count). The number of ether oxygens (including phenoxy) is 1. The third-order valence-corrected chi connectivity index (χ3v) is 11.8. The monoisotopic (exact) mass is 447 g/mol. The molecule has 160 valence electrons. The van der Waals surface area contributed by atoms with E-state index in [0.29, 0.717) is 31.2 Å². The van der Waals surface area contributed by atoms with Crippen LogP contribution in [0.1, 0.15) is 50.8 Å². The molecule has 28 heavy (non-hydrogen) atoms. The summed E-state index contributed by atoms with van der Waals surface area (Å²) in [6.45, 7) is 12.5. The van der Waals surface area contributed by atoms with Gasteiger partial charge in [0.05, 0.1) is 18.5 Å². The van der Waals surface area contributed by atoms with Gasteiger partial charge in [0.25, 0.3) is 0 Å². The van der Waals surface area contributed by atoms with Crippen LogP contribution in [0.15, 0.2) is 18.2 Å². The Kier molecular flexibility index (Phi) is 8.01. The van der Waals surface area contributed by atoms with Gasteiger partial charge in [-0.05, 0) is 60.7 Å². The van der Waals surface area contributed by atoms with Crippen LogP contribution < -0.4 is 4.72 Å². The molecule has 1 aliphatic rings. The molecule has 0 bridgehead atoms. The van der Waals surface area contributed by atoms with Crippen LogP contribution in [0.3, 0.4) is 0 Å². The number of anilines is 1. The standard InChI is InChI=1S/C20H34ClNO4SSi/c1-20(2,3)28(4,5)26-13-10-19-18-8-7-17(15-16(18)9-12-25-19)22-27(23,24)14-6-11-21/h7-8,15,19,22H,6,9-14H2,1-5H3/t19-/m0/s1. The summed E-state index contributed by atoms with van der Waals surface area (Å²) >= 11 is 5.60. The molecule has 1 aromatic carbocycles. The fraction of sp³-hybridized carbons (Fsp3) is 0.700. The number of rotatable bonds is 9. The third kappa shape index (κ3) is 6.45. The quantitative estimate of drug-likeness (QED) is 0.423. The second-order valence-electron chi connectivity index (χ2n) is 8.88. The van der Waals surface area contributed by atoms with E-state index in [4.69, 9.17) is 20.8 Å². The second-order valence-corrected chi connectivity index (χ2v) is 15.9. The number of halogens is 1. The summed E-state index contributed by atoms with van der Waals surface area (Å²) in [6, 6.07) is 5.72. The Morgan fingerprint density at radius 2 is 2.04 bits per heavy atom. The fourth-order valence-electron chi connectivity index (χ4n) is 2.95. The van der Waals surface area contributed by atoms with Gasteiger partial charge in [-0.2, -0.15) is 0 Å². The molecule has 0 spiro atoms. The summed E-state index contributed by atoms with van der Waals surface area (Å²) in [6.07, 6.45) is 2.02. The van der Waals surface area contributed by atoms with Crippen molar-refractivity contribution in [2.24, 2.45) is 0 Å². The third-order valence-electron chi connectivity index (χ3n) is 5.65. The van der Waals surface area contributed by atoms with Crippen LogP contribution in [-0.2, 0) is 25.6 Å². The maximum Gasteiger partial charge on any atom is 0.232 e. The fourth-order valence-corrected chi connectivity index (χ4v) is 5.42. The number of benzene rings is 1. The Morgan fingerprint density at radius 3 is 2.68 bits per heavy atom. The van der Waals surface area contributed by atoms with Crippen LogP contribution in [0.2, 0.25) is 18.1 Å². The zero-order valence-electron chi connectivity index (χ0n) is 17.7. The van der Waals surface area contributed by atoms with E-state index in [9.17, 15) is 8.42 Å². The normalized spacial score (nSPS) is 18.0. The molecule has 0 saturated carbocycles. The van der Waals surface area contributed by atoms with E-state index >= 15 is 0 Å². The van der Waals surface area contributed by atoms with Gasteiger partial charge in [-0.3, -0.25) is 4.72 Å². The molecule has 0 fully saturated rings. The average Bonchev–Trinajstić information content (AvgIpc) is 2.58. The van der Waals surface area contributed by atoms with Gasteiger partial charge in [-0.25, -0.2) is 8.42 Å². The lowest BCUT2D eigenvalue weighted by Gasteiger charge is -2.37. The molecule has 0 saturated heterocycles. The highest BCUT2D eigenvalue weighted by atomic mass is 35.5. The number of nitrogens with one attached hydrogen (secondary N) is 1. The highest BCUT2D eigenvalue weighted by Crippen LogP contribution is 2.37. The SMILES string of the molecule is CC(C)(C)[Si](C)(C)OCC[C@@H]1OCCc2cc(NS(=O)(=O)CCCCl)ccc21. The first kappa shape index (κ1) is 23.7. The highest BCUT2D eigenvalue weighted by molar-refractivity contribution is 7.92. The Hall–Kier alpha value is -0.603. The molecule has 5 nitrogen and oxygen atoms in total. The van der Waals surface area contributed by atoms with Crippen LogP contribution in [-0.4, -0.2) is 41.6 Å². The lowest BCUT2D eigenvalue weighted by Crippen LogP contribution is -2.41. The molecule has 8 heteroatoms. The zero-order valence-corrected chi connectivity index (χ0v) is 20.3. The van der Waals surface area contributed by atoms with Crippen LogP contribution in [0.4, 0.5) is 5.69 Å². The molecule has 0 aliphatic carbocycles. The van der Waals surface area contributed by atoms with Gasteiger partial charge in [0, 0.05) is 18.2 Å². The van der Waals surface area contributed by atoms with Gasteiger partial charge in [0.2, 0.25) is 10.0 Å². The minimum Gasteiger partial charge on any atom is -0.417 e. The first-order valence-corrected chi connectivity index (χ1v) is 15.0. The molecule has 1 aliphatic heterocycles. The van der Waals surface area contributed by atoms with Crippen molar-refractivity contribution < 1.29 is 17.6 Å². The molecule has 1 N–H and O–H groups in total. The molecule has 1 aromatic rings. The molecular formula is C20H34ClNO4SSi. The van der Waals surface area contributed by atoms with Gasteiger partial charge < -0.3 is 9.16 Å². The summed E-state index contributed by atoms with van der Waals surface area (Å²) in [4.78, 5) is 0. The van der Waals surface area contributed by atoms with E-state index in [1.165, 1.54) is 0 Å². The van der Waals surface area contributed by atoms with E-state index in [0.717, 1.165) is 24.0 Å². The van der Waals surface area contributed by atoms with E-state index < -0.39 is 18.3 Å². The Balaban J connectivity index is 2.02. The number of sulfonamides is 1. The first-order chi connectivity index (χ1) is 13.0. The van der Waals surface area contributed by atoms with Crippen molar-refractivity contribution in [1.82, 2.24) is 0 Å². The number of alkyl halides is 1. The summed E-state index contributed by atoms with van der Waals surface area (Å²) in [7, 11) is -5.13. The van der Waals surface area contributed by atoms with Crippen LogP contribution >= 0.6 is 11.6 Å². The maximum absolute atomic E-state index is 12.1. The maximum atomic E-state index is 12.1. The predicted molar refractivity (Wildman–Crippen MR) is 119 cm³/mol. The summed E-state index contributed by atoms with van der Waals surface area (Å²) in [5.74, 6) is 0.366. The number of hydrogen-bond donors (Lipinski definition) is 1. The van der Waals surface area contributed by atoms with Gasteiger partial charge in [0.1, 0.15) is 0 Å². The van der Waals surface area contributed by atoms with E-state index in [1.54, 1.807) is 0 Å². The lowest BCUT2D eigenvalue weighted by atomic mass is 9.95. The zero-order chi connectivity index (χ0) is 21.0. The molecule has 0 amide bonds. The van der Waals surface area contributed by atoms with E-state index in [-0.39, 0.29) is 16.9 Å². The minimum atomic E-state index is -3.36. The smallest absolute Gasteiger partial charge is 0.232 e. The topological polar surface area (TPSA) is 64.6 Å². The van der Waals surface area contributed by atoms with Crippen LogP contribution in [0, 0.1) is 0 Å². The molecular weight excluding hydrogens is 414 g/mol. The summed E-state index contributed by atoms with van der Waals surface area (Å²) in [5.41, 5.74) is 2.88. The second kappa shape index (κ2) is 9.47. The lowest BCUT2D eigenvalue weighted by molar-refractivity contribution is 0.0265. The number of hydrogen-bond acceptors (Lipinski definition) is 4. The summed E-state index contributed by atoms with van der Waals surface area (Å²) in [5, 5.41) is 0.188. The molecule has 0 unspecified atom stereocenters. The van der Waals surface area contributed by atoms with Crippen molar-refractivity contribution in [2.45, 2.75) is 64.3 Å². The Labute approximate surface area is 176 Å². The molecule has 0 radical (unpaired) electrons. The van der Waals surface area contributed by atoms with Crippen molar-refractivity contribution >= 4 is 35.6 Å². The van der Waals surface area contributed by atoms with Crippen LogP contribution in [0.25, 0.3) is 0 Å².